The van der Waals surface area contributed by atoms with Crippen LogP contribution in [0.4, 0.5) is 5.69 Å². The Labute approximate surface area is 220 Å². The highest BCUT2D eigenvalue weighted by atomic mass is 35.5. The van der Waals surface area contributed by atoms with E-state index in [1.807, 2.05) is 39.8 Å². The molecule has 0 aliphatic heterocycles. The zero-order chi connectivity index (χ0) is 26.0. The molecule has 0 bridgehead atoms. The van der Waals surface area contributed by atoms with E-state index in [0.29, 0.717) is 44.7 Å². The summed E-state index contributed by atoms with van der Waals surface area (Å²) in [5.41, 5.74) is 5.40. The number of benzene rings is 3. The zero-order valence-electron chi connectivity index (χ0n) is 20.5. The molecule has 0 fully saturated rings. The average molecular weight is 521 g/mol. The van der Waals surface area contributed by atoms with Crippen LogP contribution in [0.1, 0.15) is 45.7 Å². The zero-order valence-corrected chi connectivity index (χ0v) is 22.0. The topological polar surface area (TPSA) is 68.3 Å². The first kappa shape index (κ1) is 25.7. The number of fused-ring (bicyclic) bond motifs is 1. The average Bonchev–Trinajstić information content (AvgIpc) is 2.82. The van der Waals surface area contributed by atoms with Crippen LogP contribution in [0.5, 0.6) is 0 Å². The lowest BCUT2D eigenvalue weighted by Crippen LogP contribution is -2.14. The maximum atomic E-state index is 13.5. The second-order valence-corrected chi connectivity index (χ2v) is 10.0. The van der Waals surface area contributed by atoms with Gasteiger partial charge < -0.3 is 10.1 Å². The van der Waals surface area contributed by atoms with Gasteiger partial charge in [-0.05, 0) is 79.9 Å². The van der Waals surface area contributed by atoms with Gasteiger partial charge in [-0.1, -0.05) is 48.7 Å². The molecule has 0 aliphatic rings. The van der Waals surface area contributed by atoms with Crippen molar-refractivity contribution in [2.45, 2.75) is 27.7 Å². The number of pyridine rings is 1. The Morgan fingerprint density at radius 1 is 0.972 bits per heavy atom. The molecule has 4 aromatic rings. The number of aryl methyl sites for hydroxylation is 2. The van der Waals surface area contributed by atoms with Gasteiger partial charge in [-0.25, -0.2) is 9.78 Å². The number of halogens is 2. The van der Waals surface area contributed by atoms with Gasteiger partial charge in [0.25, 0.3) is 5.91 Å². The van der Waals surface area contributed by atoms with E-state index in [4.69, 9.17) is 32.9 Å². The molecule has 0 spiro atoms. The summed E-state index contributed by atoms with van der Waals surface area (Å²) in [7, 11) is 0. The SMILES string of the molecule is Cc1cc(C)c2nc(-c3ccc(Cl)cc3Cl)cc(C(=O)Nc3ccc(C(=O)OCC(C)C)cc3)c2c1. The van der Waals surface area contributed by atoms with E-state index in [1.165, 1.54) is 0 Å². The fraction of sp³-hybridized carbons (Fsp3) is 0.207. The molecular formula is C29H26Cl2N2O3. The summed E-state index contributed by atoms with van der Waals surface area (Å²) in [4.78, 5) is 30.5. The van der Waals surface area contributed by atoms with Crippen LogP contribution in [0, 0.1) is 19.8 Å². The number of carbonyl (C=O) groups is 2. The Kier molecular flexibility index (Phi) is 7.62. The normalized spacial score (nSPS) is 11.1. The Morgan fingerprint density at radius 2 is 1.69 bits per heavy atom. The van der Waals surface area contributed by atoms with Gasteiger partial charge in [0.1, 0.15) is 0 Å². The van der Waals surface area contributed by atoms with Gasteiger partial charge in [0, 0.05) is 21.7 Å². The Bertz CT molecular complexity index is 1460. The third-order valence-electron chi connectivity index (χ3n) is 5.63. The summed E-state index contributed by atoms with van der Waals surface area (Å²) in [6.07, 6.45) is 0. The maximum absolute atomic E-state index is 13.5. The molecule has 7 heteroatoms. The van der Waals surface area contributed by atoms with E-state index in [1.54, 1.807) is 48.5 Å². The molecule has 3 aromatic carbocycles. The highest BCUT2D eigenvalue weighted by molar-refractivity contribution is 6.36. The van der Waals surface area contributed by atoms with Gasteiger partial charge in [0.15, 0.2) is 0 Å². The van der Waals surface area contributed by atoms with Gasteiger partial charge in [0.05, 0.1) is 34.0 Å². The van der Waals surface area contributed by atoms with Crippen molar-refractivity contribution in [3.63, 3.8) is 0 Å². The second kappa shape index (κ2) is 10.7. The van der Waals surface area contributed by atoms with Crippen molar-refractivity contribution < 1.29 is 14.3 Å². The van der Waals surface area contributed by atoms with Crippen LogP contribution in [0.2, 0.25) is 10.0 Å². The number of anilines is 1. The molecule has 1 amide bonds. The molecule has 1 aromatic heterocycles. The number of carbonyl (C=O) groups excluding carboxylic acids is 2. The first-order valence-electron chi connectivity index (χ1n) is 11.6. The predicted octanol–water partition coefficient (Wildman–Crippen LogP) is 7.89. The molecular weight excluding hydrogens is 495 g/mol. The van der Waals surface area contributed by atoms with Crippen molar-refractivity contribution in [3.05, 3.63) is 93.0 Å². The lowest BCUT2D eigenvalue weighted by molar-refractivity contribution is 0.0459. The summed E-state index contributed by atoms with van der Waals surface area (Å²) in [5.74, 6) is -0.436. The fourth-order valence-electron chi connectivity index (χ4n) is 3.92. The summed E-state index contributed by atoms with van der Waals surface area (Å²) in [6.45, 7) is 8.25. The van der Waals surface area contributed by atoms with Crippen molar-refractivity contribution in [1.29, 1.82) is 0 Å². The minimum absolute atomic E-state index is 0.252. The summed E-state index contributed by atoms with van der Waals surface area (Å²) < 4.78 is 5.27. The minimum atomic E-state index is -0.392. The van der Waals surface area contributed by atoms with E-state index in [9.17, 15) is 9.59 Å². The molecule has 5 nitrogen and oxygen atoms in total. The smallest absolute Gasteiger partial charge is 0.338 e. The van der Waals surface area contributed by atoms with Crippen molar-refractivity contribution in [1.82, 2.24) is 4.98 Å². The Balaban J connectivity index is 1.70. The number of nitrogens with one attached hydrogen (secondary N) is 1. The first-order valence-corrected chi connectivity index (χ1v) is 12.3. The van der Waals surface area contributed by atoms with Crippen LogP contribution in [-0.2, 0) is 4.74 Å². The third kappa shape index (κ3) is 5.69. The number of esters is 1. The van der Waals surface area contributed by atoms with E-state index in [-0.39, 0.29) is 11.8 Å². The molecule has 36 heavy (non-hydrogen) atoms. The number of amides is 1. The summed E-state index contributed by atoms with van der Waals surface area (Å²) >= 11 is 12.5. The monoisotopic (exact) mass is 520 g/mol. The van der Waals surface area contributed by atoms with Crippen LogP contribution in [0.3, 0.4) is 0 Å². The van der Waals surface area contributed by atoms with Crippen LogP contribution in [-0.4, -0.2) is 23.5 Å². The minimum Gasteiger partial charge on any atom is -0.462 e. The maximum Gasteiger partial charge on any atom is 0.338 e. The molecule has 0 atom stereocenters. The summed E-state index contributed by atoms with van der Waals surface area (Å²) in [6, 6.07) is 17.5. The standard InChI is InChI=1S/C29H26Cl2N2O3/c1-16(2)15-36-29(35)19-5-8-21(9-6-19)32-28(34)24-14-26(22-10-7-20(30)13-25(22)31)33-27-18(4)11-17(3)12-23(24)27/h5-14,16H,15H2,1-4H3,(H,32,34). The van der Waals surface area contributed by atoms with Gasteiger partial charge in [-0.15, -0.1) is 0 Å². The number of hydrogen-bond acceptors (Lipinski definition) is 4. The molecule has 4 rings (SSSR count). The van der Waals surface area contributed by atoms with Crippen molar-refractivity contribution >= 4 is 51.7 Å². The van der Waals surface area contributed by atoms with Gasteiger partial charge in [-0.3, -0.25) is 4.79 Å². The molecule has 184 valence electrons. The Hall–Kier alpha value is -3.41. The lowest BCUT2D eigenvalue weighted by atomic mass is 9.99. The largest absolute Gasteiger partial charge is 0.462 e. The van der Waals surface area contributed by atoms with Crippen LogP contribution in [0.25, 0.3) is 22.2 Å². The van der Waals surface area contributed by atoms with Crippen molar-refractivity contribution in [2.24, 2.45) is 5.92 Å². The molecule has 0 aliphatic carbocycles. The Morgan fingerprint density at radius 3 is 2.36 bits per heavy atom. The number of ether oxygens (including phenoxy) is 1. The quantitative estimate of drug-likeness (QED) is 0.262. The van der Waals surface area contributed by atoms with Crippen LogP contribution < -0.4 is 5.32 Å². The van der Waals surface area contributed by atoms with E-state index in [2.05, 4.69) is 5.32 Å². The second-order valence-electron chi connectivity index (χ2n) is 9.18. The van der Waals surface area contributed by atoms with E-state index in [0.717, 1.165) is 22.0 Å². The molecule has 1 heterocycles. The molecule has 0 saturated carbocycles. The van der Waals surface area contributed by atoms with E-state index < -0.39 is 5.97 Å². The lowest BCUT2D eigenvalue weighted by Gasteiger charge is -2.14. The third-order valence-corrected chi connectivity index (χ3v) is 6.17. The summed E-state index contributed by atoms with van der Waals surface area (Å²) in [5, 5.41) is 4.65. The van der Waals surface area contributed by atoms with Crippen molar-refractivity contribution in [3.8, 4) is 11.3 Å². The van der Waals surface area contributed by atoms with Crippen LogP contribution in [0.15, 0.2) is 60.7 Å². The number of hydrogen-bond donors (Lipinski definition) is 1. The number of rotatable bonds is 6. The van der Waals surface area contributed by atoms with Crippen molar-refractivity contribution in [2.75, 3.05) is 11.9 Å². The van der Waals surface area contributed by atoms with Crippen LogP contribution >= 0.6 is 23.2 Å². The number of nitrogens with zero attached hydrogens (tertiary/aromatic N) is 1. The van der Waals surface area contributed by atoms with Gasteiger partial charge in [0.2, 0.25) is 0 Å². The van der Waals surface area contributed by atoms with Gasteiger partial charge in [-0.2, -0.15) is 0 Å². The first-order chi connectivity index (χ1) is 17.1. The predicted molar refractivity (Wildman–Crippen MR) is 146 cm³/mol. The molecule has 0 saturated heterocycles. The van der Waals surface area contributed by atoms with E-state index >= 15 is 0 Å². The molecule has 0 radical (unpaired) electrons. The highest BCUT2D eigenvalue weighted by Gasteiger charge is 2.18. The molecule has 1 N–H and O–H groups in total. The van der Waals surface area contributed by atoms with Gasteiger partial charge >= 0.3 is 5.97 Å². The molecule has 0 unspecified atom stereocenters. The highest BCUT2D eigenvalue weighted by Crippen LogP contribution is 2.33. The number of aromatic nitrogens is 1. The fourth-order valence-corrected chi connectivity index (χ4v) is 4.42.